The van der Waals surface area contributed by atoms with E-state index in [1.165, 1.54) is 11.3 Å². The number of rotatable bonds is 6. The fourth-order valence-electron chi connectivity index (χ4n) is 1.97. The van der Waals surface area contributed by atoms with E-state index in [1.807, 2.05) is 13.1 Å². The van der Waals surface area contributed by atoms with Crippen LogP contribution in [0.15, 0.2) is 16.3 Å². The van der Waals surface area contributed by atoms with Crippen LogP contribution in [0.1, 0.15) is 24.1 Å². The Morgan fingerprint density at radius 2 is 2.17 bits per heavy atom. The molecule has 1 saturated carbocycles. The van der Waals surface area contributed by atoms with Gasteiger partial charge >= 0.3 is 0 Å². The highest BCUT2D eigenvalue weighted by atomic mass is 32.2. The maximum atomic E-state index is 12.4. The van der Waals surface area contributed by atoms with E-state index in [4.69, 9.17) is 0 Å². The van der Waals surface area contributed by atoms with Crippen LogP contribution in [0.25, 0.3) is 0 Å². The van der Waals surface area contributed by atoms with E-state index in [0.29, 0.717) is 4.21 Å². The Morgan fingerprint density at radius 1 is 1.44 bits per heavy atom. The minimum atomic E-state index is -3.27. The summed E-state index contributed by atoms with van der Waals surface area (Å²) in [6.45, 7) is 0.873. The van der Waals surface area contributed by atoms with Gasteiger partial charge in [-0.25, -0.2) is 8.42 Å². The molecule has 1 aromatic heterocycles. The second-order valence-electron chi connectivity index (χ2n) is 4.68. The number of sulfonamides is 1. The van der Waals surface area contributed by atoms with Gasteiger partial charge < -0.3 is 5.32 Å². The molecule has 0 aromatic carbocycles. The molecule has 0 radical (unpaired) electrons. The first-order valence-corrected chi connectivity index (χ1v) is 8.52. The first kappa shape index (κ1) is 14.0. The van der Waals surface area contributed by atoms with Crippen molar-refractivity contribution in [3.05, 3.63) is 17.0 Å². The topological polar surface area (TPSA) is 49.4 Å². The Hall–Kier alpha value is -0.430. The smallest absolute Gasteiger partial charge is 0.252 e. The van der Waals surface area contributed by atoms with Gasteiger partial charge in [0, 0.05) is 18.0 Å². The first-order valence-electron chi connectivity index (χ1n) is 6.27. The van der Waals surface area contributed by atoms with Crippen molar-refractivity contribution in [2.24, 2.45) is 0 Å². The molecule has 0 spiro atoms. The maximum absolute atomic E-state index is 12.4. The van der Waals surface area contributed by atoms with Gasteiger partial charge in [-0.1, -0.05) is 6.42 Å². The first-order chi connectivity index (χ1) is 8.55. The number of hydrogen-bond donors (Lipinski definition) is 1. The van der Waals surface area contributed by atoms with Crippen LogP contribution in [-0.4, -0.2) is 39.4 Å². The summed E-state index contributed by atoms with van der Waals surface area (Å²) in [6, 6.07) is 3.86. The number of hydrogen-bond acceptors (Lipinski definition) is 4. The van der Waals surface area contributed by atoms with Crippen LogP contribution in [0.2, 0.25) is 0 Å². The Labute approximate surface area is 113 Å². The average molecular weight is 288 g/mol. The van der Waals surface area contributed by atoms with Crippen LogP contribution in [0, 0.1) is 0 Å². The van der Waals surface area contributed by atoms with E-state index >= 15 is 0 Å². The lowest BCUT2D eigenvalue weighted by Gasteiger charge is -2.33. The van der Waals surface area contributed by atoms with Crippen LogP contribution in [0.4, 0.5) is 0 Å². The molecule has 0 unspecified atom stereocenters. The molecule has 4 nitrogen and oxygen atoms in total. The van der Waals surface area contributed by atoms with Crippen molar-refractivity contribution in [3.8, 4) is 0 Å². The standard InChI is InChI=1S/C12H20N2O2S2/c1-13-9-8-11-6-7-12(17-11)18(15,16)14(2)10-4-3-5-10/h6-7,10,13H,3-5,8-9H2,1-2H3. The van der Waals surface area contributed by atoms with E-state index in [9.17, 15) is 8.42 Å². The fraction of sp³-hybridized carbons (Fsp3) is 0.667. The van der Waals surface area contributed by atoms with Crippen molar-refractivity contribution < 1.29 is 8.42 Å². The summed E-state index contributed by atoms with van der Waals surface area (Å²) in [7, 11) is 0.327. The summed E-state index contributed by atoms with van der Waals surface area (Å²) in [5.41, 5.74) is 0. The van der Waals surface area contributed by atoms with E-state index in [0.717, 1.165) is 37.1 Å². The van der Waals surface area contributed by atoms with Gasteiger partial charge in [-0.2, -0.15) is 4.31 Å². The van der Waals surface area contributed by atoms with Gasteiger partial charge in [0.25, 0.3) is 10.0 Å². The van der Waals surface area contributed by atoms with Gasteiger partial charge in [0.1, 0.15) is 4.21 Å². The molecule has 102 valence electrons. The third kappa shape index (κ3) is 2.77. The minimum Gasteiger partial charge on any atom is -0.319 e. The van der Waals surface area contributed by atoms with Crippen LogP contribution >= 0.6 is 11.3 Å². The molecular weight excluding hydrogens is 268 g/mol. The van der Waals surface area contributed by atoms with Crippen LogP contribution in [0.3, 0.4) is 0 Å². The predicted octanol–water partition coefficient (Wildman–Crippen LogP) is 1.68. The van der Waals surface area contributed by atoms with Crippen molar-refractivity contribution in [1.29, 1.82) is 0 Å². The zero-order valence-electron chi connectivity index (χ0n) is 10.8. The molecule has 1 fully saturated rings. The molecule has 0 atom stereocenters. The van der Waals surface area contributed by atoms with Gasteiger partial charge in [0.05, 0.1) is 0 Å². The number of likely N-dealkylation sites (N-methyl/N-ethyl adjacent to an activating group) is 1. The molecular formula is C12H20N2O2S2. The molecule has 2 rings (SSSR count). The van der Waals surface area contributed by atoms with Crippen LogP contribution < -0.4 is 5.32 Å². The summed E-state index contributed by atoms with van der Waals surface area (Å²) in [6.07, 6.45) is 4.01. The van der Waals surface area contributed by atoms with Crippen molar-refractivity contribution >= 4 is 21.4 Å². The molecule has 6 heteroatoms. The Balaban J connectivity index is 2.11. The monoisotopic (exact) mass is 288 g/mol. The predicted molar refractivity (Wildman–Crippen MR) is 74.5 cm³/mol. The van der Waals surface area contributed by atoms with E-state index in [2.05, 4.69) is 5.32 Å². The SMILES string of the molecule is CNCCc1ccc(S(=O)(=O)N(C)C2CCC2)s1. The highest BCUT2D eigenvalue weighted by molar-refractivity contribution is 7.91. The molecule has 1 heterocycles. The van der Waals surface area contributed by atoms with E-state index in [-0.39, 0.29) is 6.04 Å². The molecule has 1 aliphatic carbocycles. The molecule has 0 saturated heterocycles. The van der Waals surface area contributed by atoms with Crippen molar-refractivity contribution in [3.63, 3.8) is 0 Å². The Bertz CT molecular complexity index is 492. The summed E-state index contributed by atoms with van der Waals surface area (Å²) in [4.78, 5) is 1.12. The van der Waals surface area contributed by atoms with Crippen molar-refractivity contribution in [1.82, 2.24) is 9.62 Å². The zero-order chi connectivity index (χ0) is 13.2. The van der Waals surface area contributed by atoms with Crippen molar-refractivity contribution in [2.75, 3.05) is 20.6 Å². The van der Waals surface area contributed by atoms with Gasteiger partial charge in [-0.3, -0.25) is 0 Å². The summed E-state index contributed by atoms with van der Waals surface area (Å²) in [5, 5.41) is 3.07. The fourth-order valence-corrected chi connectivity index (χ4v) is 4.92. The Kier molecular flexibility index (Phi) is 4.42. The van der Waals surface area contributed by atoms with Gasteiger partial charge in [0.2, 0.25) is 0 Å². The van der Waals surface area contributed by atoms with E-state index < -0.39 is 10.0 Å². The molecule has 0 amide bonds. The normalized spacial score (nSPS) is 17.1. The highest BCUT2D eigenvalue weighted by Crippen LogP contribution is 2.31. The number of nitrogens with one attached hydrogen (secondary N) is 1. The quantitative estimate of drug-likeness (QED) is 0.866. The third-order valence-electron chi connectivity index (χ3n) is 3.48. The molecule has 1 N–H and O–H groups in total. The largest absolute Gasteiger partial charge is 0.319 e. The van der Waals surface area contributed by atoms with E-state index in [1.54, 1.807) is 17.4 Å². The van der Waals surface area contributed by atoms with Gasteiger partial charge in [-0.05, 0) is 45.0 Å². The lowest BCUT2D eigenvalue weighted by molar-refractivity contribution is 0.250. The summed E-state index contributed by atoms with van der Waals surface area (Å²) in [5.74, 6) is 0. The Morgan fingerprint density at radius 3 is 2.72 bits per heavy atom. The highest BCUT2D eigenvalue weighted by Gasteiger charge is 2.32. The molecule has 18 heavy (non-hydrogen) atoms. The van der Waals surface area contributed by atoms with Crippen LogP contribution in [-0.2, 0) is 16.4 Å². The molecule has 0 bridgehead atoms. The van der Waals surface area contributed by atoms with Crippen molar-refractivity contribution in [2.45, 2.75) is 35.9 Å². The zero-order valence-corrected chi connectivity index (χ0v) is 12.5. The summed E-state index contributed by atoms with van der Waals surface area (Å²) < 4.78 is 26.8. The second kappa shape index (κ2) is 5.69. The second-order valence-corrected chi connectivity index (χ2v) is 8.07. The van der Waals surface area contributed by atoms with Crippen LogP contribution in [0.5, 0.6) is 0 Å². The lowest BCUT2D eigenvalue weighted by atomic mass is 9.94. The van der Waals surface area contributed by atoms with Gasteiger partial charge in [0.15, 0.2) is 0 Å². The van der Waals surface area contributed by atoms with Gasteiger partial charge in [-0.15, -0.1) is 11.3 Å². The minimum absolute atomic E-state index is 0.206. The third-order valence-corrected chi connectivity index (χ3v) is 7.00. The molecule has 0 aliphatic heterocycles. The maximum Gasteiger partial charge on any atom is 0.252 e. The summed E-state index contributed by atoms with van der Waals surface area (Å²) >= 11 is 1.39. The molecule has 1 aliphatic rings. The average Bonchev–Trinajstić information content (AvgIpc) is 2.73. The number of nitrogens with zero attached hydrogens (tertiary/aromatic N) is 1. The molecule has 1 aromatic rings. The number of thiophene rings is 1. The lowest BCUT2D eigenvalue weighted by Crippen LogP contribution is -2.40.